The SMILES string of the molecule is O=C1N=C(N2CCN(CCO)CC2)S/C1=C\c1ccc(-c2ccccc2)cc1. The van der Waals surface area contributed by atoms with Gasteiger partial charge < -0.3 is 10.0 Å². The fraction of sp³-hybridized carbons (Fsp3) is 0.273. The van der Waals surface area contributed by atoms with Crippen LogP contribution in [0.15, 0.2) is 64.5 Å². The average Bonchev–Trinajstić information content (AvgIpc) is 3.10. The first-order valence-electron chi connectivity index (χ1n) is 9.49. The number of aliphatic hydroxyl groups is 1. The molecular formula is C22H23N3O2S. The quantitative estimate of drug-likeness (QED) is 0.810. The summed E-state index contributed by atoms with van der Waals surface area (Å²) in [5.41, 5.74) is 3.34. The zero-order chi connectivity index (χ0) is 19.3. The third-order valence-electron chi connectivity index (χ3n) is 4.98. The number of hydrogen-bond acceptors (Lipinski definition) is 5. The van der Waals surface area contributed by atoms with Gasteiger partial charge in [0.15, 0.2) is 5.17 Å². The maximum Gasteiger partial charge on any atom is 0.286 e. The Kier molecular flexibility index (Phi) is 5.90. The van der Waals surface area contributed by atoms with Crippen molar-refractivity contribution >= 4 is 28.9 Å². The molecule has 1 fully saturated rings. The number of nitrogens with zero attached hydrogens (tertiary/aromatic N) is 3. The number of β-amino-alcohol motifs (C(OH)–C–C–N with tert-alkyl or cyclic N) is 1. The first kappa shape index (κ1) is 18.9. The molecule has 2 aliphatic heterocycles. The van der Waals surface area contributed by atoms with Gasteiger partial charge in [-0.05, 0) is 34.5 Å². The van der Waals surface area contributed by atoms with Crippen molar-refractivity contribution in [3.8, 4) is 11.1 Å². The van der Waals surface area contributed by atoms with Crippen molar-refractivity contribution in [1.29, 1.82) is 0 Å². The molecule has 1 amide bonds. The lowest BCUT2D eigenvalue weighted by atomic mass is 10.0. The van der Waals surface area contributed by atoms with Crippen LogP contribution in [0, 0.1) is 0 Å². The summed E-state index contributed by atoms with van der Waals surface area (Å²) in [6, 6.07) is 18.5. The van der Waals surface area contributed by atoms with Crippen LogP contribution in [0.3, 0.4) is 0 Å². The molecule has 0 atom stereocenters. The molecule has 6 heteroatoms. The second-order valence-electron chi connectivity index (χ2n) is 6.85. The number of hydrogen-bond donors (Lipinski definition) is 1. The van der Waals surface area contributed by atoms with Gasteiger partial charge in [0, 0.05) is 32.7 Å². The van der Waals surface area contributed by atoms with Gasteiger partial charge in [0.25, 0.3) is 5.91 Å². The summed E-state index contributed by atoms with van der Waals surface area (Å²) in [6.07, 6.45) is 1.92. The van der Waals surface area contributed by atoms with Crippen molar-refractivity contribution in [2.24, 2.45) is 4.99 Å². The Hall–Kier alpha value is -2.41. The van der Waals surface area contributed by atoms with Crippen LogP contribution in [0.1, 0.15) is 5.56 Å². The van der Waals surface area contributed by atoms with E-state index >= 15 is 0 Å². The molecule has 28 heavy (non-hydrogen) atoms. The van der Waals surface area contributed by atoms with Crippen LogP contribution < -0.4 is 0 Å². The van der Waals surface area contributed by atoms with Crippen molar-refractivity contribution < 1.29 is 9.90 Å². The molecule has 4 rings (SSSR count). The van der Waals surface area contributed by atoms with Gasteiger partial charge in [-0.2, -0.15) is 4.99 Å². The van der Waals surface area contributed by atoms with Crippen molar-refractivity contribution in [1.82, 2.24) is 9.80 Å². The van der Waals surface area contributed by atoms with E-state index in [9.17, 15) is 4.79 Å². The number of benzene rings is 2. The Morgan fingerprint density at radius 2 is 1.64 bits per heavy atom. The van der Waals surface area contributed by atoms with Crippen LogP contribution in [0.4, 0.5) is 0 Å². The smallest absolute Gasteiger partial charge is 0.286 e. The lowest BCUT2D eigenvalue weighted by molar-refractivity contribution is -0.113. The Labute approximate surface area is 169 Å². The first-order chi connectivity index (χ1) is 13.7. The molecule has 0 aliphatic carbocycles. The molecule has 0 spiro atoms. The Morgan fingerprint density at radius 1 is 0.964 bits per heavy atom. The molecule has 2 aliphatic rings. The van der Waals surface area contributed by atoms with Crippen molar-refractivity contribution in [2.45, 2.75) is 0 Å². The van der Waals surface area contributed by atoms with Crippen molar-refractivity contribution in [2.75, 3.05) is 39.3 Å². The van der Waals surface area contributed by atoms with Gasteiger partial charge in [-0.15, -0.1) is 0 Å². The summed E-state index contributed by atoms with van der Waals surface area (Å²) in [7, 11) is 0. The van der Waals surface area contributed by atoms with E-state index in [1.54, 1.807) is 0 Å². The number of thioether (sulfide) groups is 1. The van der Waals surface area contributed by atoms with Crippen LogP contribution in [0.25, 0.3) is 17.2 Å². The zero-order valence-corrected chi connectivity index (χ0v) is 16.4. The molecule has 2 aromatic rings. The first-order valence-corrected chi connectivity index (χ1v) is 10.3. The van der Waals surface area contributed by atoms with Gasteiger partial charge in [-0.3, -0.25) is 9.69 Å². The predicted octanol–water partition coefficient (Wildman–Crippen LogP) is 2.93. The minimum absolute atomic E-state index is 0.162. The van der Waals surface area contributed by atoms with E-state index in [0.29, 0.717) is 11.4 Å². The van der Waals surface area contributed by atoms with E-state index in [4.69, 9.17) is 5.11 Å². The monoisotopic (exact) mass is 393 g/mol. The second-order valence-corrected chi connectivity index (χ2v) is 7.86. The summed E-state index contributed by atoms with van der Waals surface area (Å²) >= 11 is 1.45. The molecule has 0 radical (unpaired) electrons. The largest absolute Gasteiger partial charge is 0.395 e. The molecule has 2 heterocycles. The number of aliphatic imine (C=N–C) groups is 1. The second kappa shape index (κ2) is 8.73. The van der Waals surface area contributed by atoms with Gasteiger partial charge in [0.1, 0.15) is 0 Å². The highest BCUT2D eigenvalue weighted by Crippen LogP contribution is 2.31. The molecule has 1 N–H and O–H groups in total. The summed E-state index contributed by atoms with van der Waals surface area (Å²) in [6.45, 7) is 4.32. The van der Waals surface area contributed by atoms with E-state index in [0.717, 1.165) is 42.5 Å². The van der Waals surface area contributed by atoms with Gasteiger partial charge in [-0.1, -0.05) is 54.6 Å². The number of carbonyl (C=O) groups excluding carboxylic acids is 1. The van der Waals surface area contributed by atoms with Gasteiger partial charge in [-0.25, -0.2) is 0 Å². The summed E-state index contributed by atoms with van der Waals surface area (Å²) in [5.74, 6) is -0.162. The van der Waals surface area contributed by atoms with Gasteiger partial charge >= 0.3 is 0 Å². The number of rotatable bonds is 4. The van der Waals surface area contributed by atoms with Gasteiger partial charge in [0.05, 0.1) is 11.5 Å². The highest BCUT2D eigenvalue weighted by Gasteiger charge is 2.28. The summed E-state index contributed by atoms with van der Waals surface area (Å²) < 4.78 is 0. The molecule has 0 unspecified atom stereocenters. The van der Waals surface area contributed by atoms with Crippen molar-refractivity contribution in [3.63, 3.8) is 0 Å². The van der Waals surface area contributed by atoms with E-state index in [1.165, 1.54) is 17.3 Å². The van der Waals surface area contributed by atoms with E-state index in [2.05, 4.69) is 39.1 Å². The topological polar surface area (TPSA) is 56.1 Å². The summed E-state index contributed by atoms with van der Waals surface area (Å²) in [4.78, 5) is 21.7. The Bertz CT molecular complexity index is 886. The number of amides is 1. The third kappa shape index (κ3) is 4.35. The average molecular weight is 394 g/mol. The number of amidine groups is 1. The maximum absolute atomic E-state index is 12.3. The fourth-order valence-corrected chi connectivity index (χ4v) is 4.36. The van der Waals surface area contributed by atoms with E-state index in [-0.39, 0.29) is 12.5 Å². The summed E-state index contributed by atoms with van der Waals surface area (Å²) in [5, 5.41) is 9.84. The molecule has 0 aromatic heterocycles. The molecule has 144 valence electrons. The molecule has 5 nitrogen and oxygen atoms in total. The van der Waals surface area contributed by atoms with E-state index < -0.39 is 0 Å². The third-order valence-corrected chi connectivity index (χ3v) is 6.03. The minimum atomic E-state index is -0.162. The number of carbonyl (C=O) groups is 1. The van der Waals surface area contributed by atoms with Gasteiger partial charge in [0.2, 0.25) is 0 Å². The molecular weight excluding hydrogens is 370 g/mol. The minimum Gasteiger partial charge on any atom is -0.395 e. The van der Waals surface area contributed by atoms with Crippen molar-refractivity contribution in [3.05, 3.63) is 65.1 Å². The molecule has 2 aromatic carbocycles. The molecule has 1 saturated heterocycles. The fourth-order valence-electron chi connectivity index (χ4n) is 3.39. The Balaban J connectivity index is 1.41. The van der Waals surface area contributed by atoms with E-state index in [1.807, 2.05) is 36.4 Å². The Morgan fingerprint density at radius 3 is 2.32 bits per heavy atom. The normalized spacial score (nSPS) is 19.3. The highest BCUT2D eigenvalue weighted by atomic mass is 32.2. The van der Waals surface area contributed by atoms with Crippen LogP contribution in [0.2, 0.25) is 0 Å². The lowest BCUT2D eigenvalue weighted by Crippen LogP contribution is -2.48. The zero-order valence-electron chi connectivity index (χ0n) is 15.6. The van der Waals surface area contributed by atoms with Crippen LogP contribution in [0.5, 0.6) is 0 Å². The van der Waals surface area contributed by atoms with Crippen LogP contribution in [-0.4, -0.2) is 65.3 Å². The maximum atomic E-state index is 12.3. The molecule has 0 saturated carbocycles. The lowest BCUT2D eigenvalue weighted by Gasteiger charge is -2.34. The van der Waals surface area contributed by atoms with Crippen LogP contribution >= 0.6 is 11.8 Å². The molecule has 0 bridgehead atoms. The number of piperazine rings is 1. The highest BCUT2D eigenvalue weighted by molar-refractivity contribution is 8.18. The van der Waals surface area contributed by atoms with Crippen LogP contribution in [-0.2, 0) is 4.79 Å². The predicted molar refractivity (Wildman–Crippen MR) is 115 cm³/mol. The number of aliphatic hydroxyl groups excluding tert-OH is 1. The standard InChI is InChI=1S/C22H23N3O2S/c26-15-14-24-10-12-25(13-11-24)22-23-21(27)20(28-22)16-17-6-8-19(9-7-17)18-4-2-1-3-5-18/h1-9,16,26H,10-15H2/b20-16-.